The van der Waals surface area contributed by atoms with E-state index in [0.717, 1.165) is 11.3 Å². The van der Waals surface area contributed by atoms with Gasteiger partial charge in [-0.15, -0.1) is 0 Å². The molecule has 0 radical (unpaired) electrons. The van der Waals surface area contributed by atoms with Gasteiger partial charge in [0.1, 0.15) is 17.9 Å². The van der Waals surface area contributed by atoms with Gasteiger partial charge in [0.25, 0.3) is 0 Å². The average Bonchev–Trinajstić information content (AvgIpc) is 2.64. The molecule has 2 aromatic carbocycles. The molecular weight excluding hydrogens is 332 g/mol. The molecule has 0 saturated carbocycles. The molecule has 2 rings (SSSR count). The van der Waals surface area contributed by atoms with Crippen LogP contribution in [0.4, 0.5) is 5.69 Å². The van der Waals surface area contributed by atoms with Gasteiger partial charge in [-0.3, -0.25) is 9.59 Å². The van der Waals surface area contributed by atoms with Crippen LogP contribution < -0.4 is 20.1 Å². The van der Waals surface area contributed by atoms with Gasteiger partial charge in [-0.2, -0.15) is 0 Å². The summed E-state index contributed by atoms with van der Waals surface area (Å²) in [6.45, 7) is 2.80. The predicted octanol–water partition coefficient (Wildman–Crippen LogP) is 2.78. The van der Waals surface area contributed by atoms with Crippen molar-refractivity contribution in [3.8, 4) is 11.5 Å². The first kappa shape index (κ1) is 19.3. The van der Waals surface area contributed by atoms with E-state index in [9.17, 15) is 9.59 Å². The lowest BCUT2D eigenvalue weighted by Gasteiger charge is -2.11. The van der Waals surface area contributed by atoms with Gasteiger partial charge in [0, 0.05) is 6.54 Å². The summed E-state index contributed by atoms with van der Waals surface area (Å²) >= 11 is 0. The van der Waals surface area contributed by atoms with E-state index in [4.69, 9.17) is 9.47 Å². The fraction of sp³-hybridized carbons (Fsp3) is 0.300. The monoisotopic (exact) mass is 356 g/mol. The van der Waals surface area contributed by atoms with Gasteiger partial charge in [-0.25, -0.2) is 0 Å². The number of hydrogen-bond donors (Lipinski definition) is 2. The normalized spacial score (nSPS) is 10.1. The fourth-order valence-corrected chi connectivity index (χ4v) is 2.50. The highest BCUT2D eigenvalue weighted by atomic mass is 16.5. The van der Waals surface area contributed by atoms with Gasteiger partial charge in [0.15, 0.2) is 0 Å². The van der Waals surface area contributed by atoms with E-state index >= 15 is 0 Å². The molecule has 26 heavy (non-hydrogen) atoms. The summed E-state index contributed by atoms with van der Waals surface area (Å²) in [5.74, 6) is 0.658. The van der Waals surface area contributed by atoms with E-state index in [1.165, 1.54) is 0 Å². The highest BCUT2D eigenvalue weighted by Crippen LogP contribution is 2.23. The van der Waals surface area contributed by atoms with Crippen LogP contribution in [0.25, 0.3) is 0 Å². The maximum absolute atomic E-state index is 12.1. The van der Waals surface area contributed by atoms with Gasteiger partial charge in [0.05, 0.1) is 19.4 Å². The standard InChI is InChI=1S/C20H24N2O4/c1-3-26-18-11-7-5-9-16(18)22-20(24)14-19(23)21-13-12-15-8-4-6-10-17(15)25-2/h4-11H,3,12-14H2,1-2H3,(H,21,23)(H,22,24). The van der Waals surface area contributed by atoms with Crippen molar-refractivity contribution in [2.24, 2.45) is 0 Å². The quantitative estimate of drug-likeness (QED) is 0.678. The van der Waals surface area contributed by atoms with Crippen molar-refractivity contribution < 1.29 is 19.1 Å². The maximum Gasteiger partial charge on any atom is 0.233 e. The third-order valence-electron chi connectivity index (χ3n) is 3.69. The smallest absolute Gasteiger partial charge is 0.233 e. The van der Waals surface area contributed by atoms with Crippen molar-refractivity contribution in [1.29, 1.82) is 0 Å². The van der Waals surface area contributed by atoms with Crippen molar-refractivity contribution in [3.63, 3.8) is 0 Å². The molecule has 0 heterocycles. The van der Waals surface area contributed by atoms with E-state index in [0.29, 0.717) is 31.0 Å². The van der Waals surface area contributed by atoms with Crippen LogP contribution in [-0.4, -0.2) is 32.1 Å². The summed E-state index contributed by atoms with van der Waals surface area (Å²) in [6, 6.07) is 14.8. The number of hydrogen-bond acceptors (Lipinski definition) is 4. The van der Waals surface area contributed by atoms with Gasteiger partial charge >= 0.3 is 0 Å². The molecule has 0 spiro atoms. The predicted molar refractivity (Wildman–Crippen MR) is 101 cm³/mol. The number of amides is 2. The van der Waals surface area contributed by atoms with Crippen LogP contribution in [-0.2, 0) is 16.0 Å². The number of benzene rings is 2. The molecule has 0 atom stereocenters. The number of carbonyl (C=O) groups excluding carboxylic acids is 2. The molecule has 0 saturated heterocycles. The molecule has 6 heteroatoms. The number of nitrogens with one attached hydrogen (secondary N) is 2. The van der Waals surface area contributed by atoms with Crippen molar-refractivity contribution >= 4 is 17.5 Å². The van der Waals surface area contributed by atoms with Crippen LogP contribution in [0.3, 0.4) is 0 Å². The van der Waals surface area contributed by atoms with Crippen LogP contribution in [0.15, 0.2) is 48.5 Å². The Kier molecular flexibility index (Phi) is 7.49. The second kappa shape index (κ2) is 10.1. The molecule has 138 valence electrons. The van der Waals surface area contributed by atoms with Crippen LogP contribution in [0.2, 0.25) is 0 Å². The van der Waals surface area contributed by atoms with Crippen molar-refractivity contribution in [3.05, 3.63) is 54.1 Å². The summed E-state index contributed by atoms with van der Waals surface area (Å²) in [5, 5.41) is 5.46. The molecule has 0 aromatic heterocycles. The minimum absolute atomic E-state index is 0.244. The lowest BCUT2D eigenvalue weighted by Crippen LogP contribution is -2.29. The Balaban J connectivity index is 1.80. The Morgan fingerprint density at radius 2 is 1.65 bits per heavy atom. The third kappa shape index (κ3) is 5.81. The molecule has 2 amide bonds. The second-order valence-electron chi connectivity index (χ2n) is 5.57. The van der Waals surface area contributed by atoms with Gasteiger partial charge in [-0.05, 0) is 37.1 Å². The Morgan fingerprint density at radius 1 is 0.962 bits per heavy atom. The molecule has 6 nitrogen and oxygen atoms in total. The molecule has 0 aliphatic carbocycles. The maximum atomic E-state index is 12.1. The third-order valence-corrected chi connectivity index (χ3v) is 3.69. The number of para-hydroxylation sites is 3. The fourth-order valence-electron chi connectivity index (χ4n) is 2.50. The average molecular weight is 356 g/mol. The molecule has 0 aliphatic heterocycles. The molecule has 0 unspecified atom stereocenters. The molecular formula is C20H24N2O4. The van der Waals surface area contributed by atoms with E-state index in [-0.39, 0.29) is 18.2 Å². The number of rotatable bonds is 9. The van der Waals surface area contributed by atoms with Crippen LogP contribution in [0.1, 0.15) is 18.9 Å². The first-order valence-electron chi connectivity index (χ1n) is 8.54. The van der Waals surface area contributed by atoms with Crippen molar-refractivity contribution in [2.45, 2.75) is 19.8 Å². The number of ether oxygens (including phenoxy) is 2. The molecule has 2 aromatic rings. The van der Waals surface area contributed by atoms with Crippen LogP contribution in [0, 0.1) is 0 Å². The zero-order valence-electron chi connectivity index (χ0n) is 15.1. The second-order valence-corrected chi connectivity index (χ2v) is 5.57. The van der Waals surface area contributed by atoms with Gasteiger partial charge in [0.2, 0.25) is 11.8 Å². The first-order valence-corrected chi connectivity index (χ1v) is 8.54. The first-order chi connectivity index (χ1) is 12.6. The van der Waals surface area contributed by atoms with Crippen molar-refractivity contribution in [1.82, 2.24) is 5.32 Å². The Morgan fingerprint density at radius 3 is 2.38 bits per heavy atom. The topological polar surface area (TPSA) is 76.7 Å². The van der Waals surface area contributed by atoms with E-state index in [1.807, 2.05) is 37.3 Å². The summed E-state index contributed by atoms with van der Waals surface area (Å²) < 4.78 is 10.7. The molecule has 0 aliphatic rings. The Bertz CT molecular complexity index is 746. The SMILES string of the molecule is CCOc1ccccc1NC(=O)CC(=O)NCCc1ccccc1OC. The van der Waals surface area contributed by atoms with Gasteiger partial charge < -0.3 is 20.1 Å². The highest BCUT2D eigenvalue weighted by molar-refractivity contribution is 6.04. The lowest BCUT2D eigenvalue weighted by molar-refractivity contribution is -0.126. The van der Waals surface area contributed by atoms with Crippen LogP contribution >= 0.6 is 0 Å². The Hall–Kier alpha value is -3.02. The molecule has 2 N–H and O–H groups in total. The zero-order valence-corrected chi connectivity index (χ0v) is 15.1. The molecule has 0 fully saturated rings. The Labute approximate surface area is 153 Å². The summed E-state index contributed by atoms with van der Waals surface area (Å²) in [6.07, 6.45) is 0.386. The van der Waals surface area contributed by atoms with E-state index < -0.39 is 0 Å². The van der Waals surface area contributed by atoms with Gasteiger partial charge in [-0.1, -0.05) is 30.3 Å². The summed E-state index contributed by atoms with van der Waals surface area (Å²) in [4.78, 5) is 24.0. The van der Waals surface area contributed by atoms with E-state index in [1.54, 1.807) is 25.3 Å². The minimum Gasteiger partial charge on any atom is -0.496 e. The summed E-state index contributed by atoms with van der Waals surface area (Å²) in [7, 11) is 1.61. The number of methoxy groups -OCH3 is 1. The summed E-state index contributed by atoms with van der Waals surface area (Å²) in [5.41, 5.74) is 1.56. The number of carbonyl (C=O) groups is 2. The zero-order chi connectivity index (χ0) is 18.8. The van der Waals surface area contributed by atoms with Crippen molar-refractivity contribution in [2.75, 3.05) is 25.6 Å². The lowest BCUT2D eigenvalue weighted by atomic mass is 10.1. The van der Waals surface area contributed by atoms with Crippen LogP contribution in [0.5, 0.6) is 11.5 Å². The highest BCUT2D eigenvalue weighted by Gasteiger charge is 2.12. The minimum atomic E-state index is -0.382. The largest absolute Gasteiger partial charge is 0.496 e. The molecule has 0 bridgehead atoms. The van der Waals surface area contributed by atoms with E-state index in [2.05, 4.69) is 10.6 Å². The number of anilines is 1.